The molecule has 6 heteroatoms. The number of nitrogens with zero attached hydrogens (tertiary/aromatic N) is 2. The maximum atomic E-state index is 9.66. The molecule has 2 fully saturated rings. The van der Waals surface area contributed by atoms with Gasteiger partial charge in [-0.15, -0.1) is 0 Å². The summed E-state index contributed by atoms with van der Waals surface area (Å²) in [5, 5.41) is 13.1. The molecule has 1 aliphatic heterocycles. The first kappa shape index (κ1) is 17.1. The molecule has 4 atom stereocenters. The number of ether oxygens (including phenoxy) is 1. The fraction of sp³-hybridized carbons (Fsp3) is 0.706. The van der Waals surface area contributed by atoms with E-state index in [9.17, 15) is 5.11 Å². The topological polar surface area (TPSA) is 57.6 Å². The minimum absolute atomic E-state index is 0.171. The summed E-state index contributed by atoms with van der Waals surface area (Å²) < 4.78 is 6.65. The normalized spacial score (nSPS) is 32.2. The zero-order valence-corrected chi connectivity index (χ0v) is 15.4. The van der Waals surface area contributed by atoms with Crippen molar-refractivity contribution in [2.45, 2.75) is 64.0 Å². The van der Waals surface area contributed by atoms with Crippen LogP contribution in [-0.4, -0.2) is 52.4 Å². The van der Waals surface area contributed by atoms with Crippen molar-refractivity contribution in [2.24, 2.45) is 0 Å². The quantitative estimate of drug-likeness (QED) is 0.782. The van der Waals surface area contributed by atoms with Crippen molar-refractivity contribution in [3.63, 3.8) is 0 Å². The first-order valence-electron chi connectivity index (χ1n) is 8.47. The van der Waals surface area contributed by atoms with E-state index in [1.807, 2.05) is 0 Å². The average molecular weight is 384 g/mol. The third-order valence-electron chi connectivity index (χ3n) is 4.51. The Hall–Kier alpha value is -0.690. The molecule has 2 aliphatic rings. The van der Waals surface area contributed by atoms with Gasteiger partial charge in [-0.1, -0.05) is 0 Å². The van der Waals surface area contributed by atoms with Gasteiger partial charge in [0.15, 0.2) is 0 Å². The summed E-state index contributed by atoms with van der Waals surface area (Å²) in [6.07, 6.45) is 3.08. The van der Waals surface area contributed by atoms with Gasteiger partial charge in [-0.05, 0) is 66.7 Å². The number of morpholine rings is 1. The van der Waals surface area contributed by atoms with Gasteiger partial charge in [-0.3, -0.25) is 4.90 Å². The third-order valence-corrected chi connectivity index (χ3v) is 4.92. The van der Waals surface area contributed by atoms with E-state index in [0.717, 1.165) is 49.3 Å². The molecule has 1 aromatic heterocycles. The summed E-state index contributed by atoms with van der Waals surface area (Å²) in [4.78, 5) is 6.96. The van der Waals surface area contributed by atoms with Gasteiger partial charge in [-0.2, -0.15) is 0 Å². The lowest BCUT2D eigenvalue weighted by Crippen LogP contribution is -2.44. The predicted molar refractivity (Wildman–Crippen MR) is 94.5 cm³/mol. The summed E-state index contributed by atoms with van der Waals surface area (Å²) in [6, 6.07) is 4.53. The Labute approximate surface area is 146 Å². The number of aromatic nitrogens is 1. The first-order valence-corrected chi connectivity index (χ1v) is 9.26. The summed E-state index contributed by atoms with van der Waals surface area (Å²) in [6.45, 7) is 7.08. The molecule has 0 bridgehead atoms. The highest BCUT2D eigenvalue weighted by Crippen LogP contribution is 2.24. The van der Waals surface area contributed by atoms with E-state index in [4.69, 9.17) is 4.74 Å². The number of hydrogen-bond donors (Lipinski definition) is 2. The van der Waals surface area contributed by atoms with E-state index >= 15 is 0 Å². The van der Waals surface area contributed by atoms with Gasteiger partial charge in [0.05, 0.1) is 18.3 Å². The molecule has 1 saturated heterocycles. The number of pyridine rings is 1. The molecule has 2 N–H and O–H groups in total. The molecular formula is C17H26BrN3O2. The maximum absolute atomic E-state index is 9.66. The van der Waals surface area contributed by atoms with Crippen molar-refractivity contribution < 1.29 is 9.84 Å². The second kappa shape index (κ2) is 7.47. The number of hydrogen-bond acceptors (Lipinski definition) is 5. The van der Waals surface area contributed by atoms with Gasteiger partial charge in [0, 0.05) is 25.7 Å². The number of aliphatic hydroxyl groups is 1. The fourth-order valence-electron chi connectivity index (χ4n) is 3.68. The number of aliphatic hydroxyl groups excluding tert-OH is 1. The minimum atomic E-state index is -0.171. The second-order valence-electron chi connectivity index (χ2n) is 6.94. The first-order chi connectivity index (χ1) is 11.0. The van der Waals surface area contributed by atoms with Crippen LogP contribution in [0.5, 0.6) is 0 Å². The molecule has 0 amide bonds. The molecule has 5 nitrogen and oxygen atoms in total. The van der Waals surface area contributed by atoms with Crippen LogP contribution in [0.1, 0.15) is 38.7 Å². The summed E-state index contributed by atoms with van der Waals surface area (Å²) in [7, 11) is 0. The molecular weight excluding hydrogens is 358 g/mol. The lowest BCUT2D eigenvalue weighted by Gasteiger charge is -2.35. The third kappa shape index (κ3) is 4.89. The molecule has 2 heterocycles. The summed E-state index contributed by atoms with van der Waals surface area (Å²) >= 11 is 3.52. The zero-order chi connectivity index (χ0) is 16.4. The summed E-state index contributed by atoms with van der Waals surface area (Å²) in [5.41, 5.74) is 1.24. The van der Waals surface area contributed by atoms with Gasteiger partial charge in [0.1, 0.15) is 10.4 Å². The van der Waals surface area contributed by atoms with E-state index in [1.165, 1.54) is 5.56 Å². The van der Waals surface area contributed by atoms with Crippen LogP contribution in [-0.2, 0) is 11.3 Å². The lowest BCUT2D eigenvalue weighted by molar-refractivity contribution is -0.0704. The zero-order valence-electron chi connectivity index (χ0n) is 13.8. The van der Waals surface area contributed by atoms with Crippen LogP contribution in [0.15, 0.2) is 16.7 Å². The van der Waals surface area contributed by atoms with Crippen LogP contribution >= 0.6 is 15.9 Å². The van der Waals surface area contributed by atoms with E-state index in [2.05, 4.69) is 57.1 Å². The molecule has 0 aromatic carbocycles. The largest absolute Gasteiger partial charge is 0.393 e. The Morgan fingerprint density at radius 1 is 1.30 bits per heavy atom. The Bertz CT molecular complexity index is 533. The van der Waals surface area contributed by atoms with Gasteiger partial charge in [0.25, 0.3) is 0 Å². The molecule has 0 unspecified atom stereocenters. The smallest absolute Gasteiger partial charge is 0.127 e. The maximum Gasteiger partial charge on any atom is 0.127 e. The Morgan fingerprint density at radius 2 is 2.04 bits per heavy atom. The SMILES string of the molecule is C[C@@H]1CN(Cc2cc(Br)nc(N[C@@H]3CC[C@@H](O)C3)c2)C[C@H](C)O1. The molecule has 3 rings (SSSR count). The van der Waals surface area contributed by atoms with Crippen molar-refractivity contribution in [3.05, 3.63) is 22.3 Å². The van der Waals surface area contributed by atoms with Crippen LogP contribution in [0, 0.1) is 0 Å². The highest BCUT2D eigenvalue weighted by atomic mass is 79.9. The highest BCUT2D eigenvalue weighted by Gasteiger charge is 2.24. The van der Waals surface area contributed by atoms with E-state index in [1.54, 1.807) is 0 Å². The van der Waals surface area contributed by atoms with Crippen LogP contribution in [0.2, 0.25) is 0 Å². The van der Waals surface area contributed by atoms with Crippen molar-refractivity contribution in [2.75, 3.05) is 18.4 Å². The summed E-state index contributed by atoms with van der Waals surface area (Å²) in [5.74, 6) is 0.892. The standard InChI is InChI=1S/C17H26BrN3O2/c1-11-8-21(9-12(2)23-11)10-13-5-16(18)20-17(6-13)19-14-3-4-15(22)7-14/h5-6,11-12,14-15,22H,3-4,7-10H2,1-2H3,(H,19,20)/t11-,12+,14-,15-/m1/s1. The molecule has 23 heavy (non-hydrogen) atoms. The number of rotatable bonds is 4. The number of anilines is 1. The number of nitrogens with one attached hydrogen (secondary N) is 1. The van der Waals surface area contributed by atoms with Crippen LogP contribution in [0.4, 0.5) is 5.82 Å². The Morgan fingerprint density at radius 3 is 2.70 bits per heavy atom. The molecule has 0 spiro atoms. The van der Waals surface area contributed by atoms with Crippen molar-refractivity contribution >= 4 is 21.7 Å². The molecule has 1 saturated carbocycles. The van der Waals surface area contributed by atoms with Gasteiger partial charge >= 0.3 is 0 Å². The average Bonchev–Trinajstić information content (AvgIpc) is 2.82. The Kier molecular flexibility index (Phi) is 5.57. The fourth-order valence-corrected chi connectivity index (χ4v) is 4.17. The van der Waals surface area contributed by atoms with Gasteiger partial charge in [-0.25, -0.2) is 4.98 Å². The minimum Gasteiger partial charge on any atom is -0.393 e. The van der Waals surface area contributed by atoms with E-state index in [0.29, 0.717) is 6.04 Å². The second-order valence-corrected chi connectivity index (χ2v) is 7.76. The van der Waals surface area contributed by atoms with Crippen molar-refractivity contribution in [3.8, 4) is 0 Å². The van der Waals surface area contributed by atoms with Crippen molar-refractivity contribution in [1.29, 1.82) is 0 Å². The highest BCUT2D eigenvalue weighted by molar-refractivity contribution is 9.10. The van der Waals surface area contributed by atoms with E-state index in [-0.39, 0.29) is 18.3 Å². The monoisotopic (exact) mass is 383 g/mol. The van der Waals surface area contributed by atoms with E-state index < -0.39 is 0 Å². The molecule has 0 radical (unpaired) electrons. The van der Waals surface area contributed by atoms with Crippen LogP contribution in [0.25, 0.3) is 0 Å². The molecule has 1 aromatic rings. The van der Waals surface area contributed by atoms with Gasteiger partial charge in [0.2, 0.25) is 0 Å². The van der Waals surface area contributed by atoms with Crippen LogP contribution in [0.3, 0.4) is 0 Å². The molecule has 1 aliphatic carbocycles. The van der Waals surface area contributed by atoms with Gasteiger partial charge < -0.3 is 15.2 Å². The van der Waals surface area contributed by atoms with Crippen molar-refractivity contribution in [1.82, 2.24) is 9.88 Å². The van der Waals surface area contributed by atoms with Crippen LogP contribution < -0.4 is 5.32 Å². The number of halogens is 1. The Balaban J connectivity index is 1.65. The molecule has 128 valence electrons. The lowest BCUT2D eigenvalue weighted by atomic mass is 10.2. The predicted octanol–water partition coefficient (Wildman–Crippen LogP) is 2.78.